The molecule has 19 heavy (non-hydrogen) atoms. The molecular formula is C12H10F4N2S. The Morgan fingerprint density at radius 3 is 2.32 bits per heavy atom. The SMILES string of the molecule is CCC(Nc1c(F)c(F)nc(F)c1F)c1cccs1. The lowest BCUT2D eigenvalue weighted by molar-refractivity contribution is 0.409. The zero-order valence-electron chi connectivity index (χ0n) is 9.88. The monoisotopic (exact) mass is 290 g/mol. The maximum Gasteiger partial charge on any atom is 0.253 e. The molecule has 0 fully saturated rings. The van der Waals surface area contributed by atoms with Crippen molar-refractivity contribution in [2.45, 2.75) is 19.4 Å². The van der Waals surface area contributed by atoms with E-state index >= 15 is 0 Å². The van der Waals surface area contributed by atoms with Crippen molar-refractivity contribution >= 4 is 17.0 Å². The normalized spacial score (nSPS) is 12.5. The van der Waals surface area contributed by atoms with Crippen molar-refractivity contribution < 1.29 is 17.6 Å². The zero-order valence-corrected chi connectivity index (χ0v) is 10.7. The molecule has 0 amide bonds. The molecule has 2 aromatic rings. The maximum atomic E-state index is 13.5. The summed E-state index contributed by atoms with van der Waals surface area (Å²) < 4.78 is 52.9. The Hall–Kier alpha value is -1.63. The van der Waals surface area contributed by atoms with Gasteiger partial charge in [0, 0.05) is 4.88 Å². The quantitative estimate of drug-likeness (QED) is 0.672. The van der Waals surface area contributed by atoms with Crippen molar-refractivity contribution in [3.8, 4) is 0 Å². The third kappa shape index (κ3) is 2.70. The lowest BCUT2D eigenvalue weighted by atomic mass is 10.1. The minimum Gasteiger partial charge on any atom is -0.372 e. The van der Waals surface area contributed by atoms with E-state index in [2.05, 4.69) is 10.3 Å². The van der Waals surface area contributed by atoms with Crippen LogP contribution in [-0.4, -0.2) is 4.98 Å². The largest absolute Gasteiger partial charge is 0.372 e. The Bertz CT molecular complexity index is 545. The molecule has 0 saturated carbocycles. The number of hydrogen-bond acceptors (Lipinski definition) is 3. The molecular weight excluding hydrogens is 280 g/mol. The Labute approximate surface area is 111 Å². The first-order valence-corrected chi connectivity index (χ1v) is 6.42. The zero-order chi connectivity index (χ0) is 14.0. The molecule has 0 aliphatic heterocycles. The molecule has 0 saturated heterocycles. The van der Waals surface area contributed by atoms with Gasteiger partial charge in [-0.05, 0) is 17.9 Å². The molecule has 2 heterocycles. The van der Waals surface area contributed by atoms with Gasteiger partial charge in [0.15, 0.2) is 0 Å². The van der Waals surface area contributed by atoms with Gasteiger partial charge in [0.25, 0.3) is 11.9 Å². The fourth-order valence-corrected chi connectivity index (χ4v) is 2.51. The number of halogens is 4. The molecule has 2 nitrogen and oxygen atoms in total. The molecule has 0 aromatic carbocycles. The summed E-state index contributed by atoms with van der Waals surface area (Å²) in [7, 11) is 0. The number of aromatic nitrogens is 1. The van der Waals surface area contributed by atoms with Crippen molar-refractivity contribution in [1.82, 2.24) is 4.98 Å². The Morgan fingerprint density at radius 2 is 1.84 bits per heavy atom. The Balaban J connectivity index is 2.37. The Morgan fingerprint density at radius 1 is 1.21 bits per heavy atom. The van der Waals surface area contributed by atoms with Crippen molar-refractivity contribution in [1.29, 1.82) is 0 Å². The first kappa shape index (κ1) is 13.8. The van der Waals surface area contributed by atoms with Crippen LogP contribution in [0.1, 0.15) is 24.3 Å². The van der Waals surface area contributed by atoms with E-state index < -0.39 is 35.3 Å². The number of nitrogens with zero attached hydrogens (tertiary/aromatic N) is 1. The summed E-state index contributed by atoms with van der Waals surface area (Å²) in [6.07, 6.45) is 0.505. The van der Waals surface area contributed by atoms with Crippen LogP contribution in [-0.2, 0) is 0 Å². The van der Waals surface area contributed by atoms with Crippen molar-refractivity contribution in [2.75, 3.05) is 5.32 Å². The van der Waals surface area contributed by atoms with E-state index in [1.807, 2.05) is 0 Å². The lowest BCUT2D eigenvalue weighted by Crippen LogP contribution is -2.14. The average Bonchev–Trinajstić information content (AvgIpc) is 2.91. The van der Waals surface area contributed by atoms with Crippen LogP contribution in [0.5, 0.6) is 0 Å². The minimum atomic E-state index is -1.66. The topological polar surface area (TPSA) is 24.9 Å². The summed E-state index contributed by atoms with van der Waals surface area (Å²) in [4.78, 5) is 3.33. The van der Waals surface area contributed by atoms with Gasteiger partial charge >= 0.3 is 0 Å². The van der Waals surface area contributed by atoms with Crippen LogP contribution in [0.3, 0.4) is 0 Å². The van der Waals surface area contributed by atoms with Crippen molar-refractivity contribution in [3.05, 3.63) is 45.9 Å². The van der Waals surface area contributed by atoms with Crippen LogP contribution in [0, 0.1) is 23.5 Å². The van der Waals surface area contributed by atoms with Gasteiger partial charge < -0.3 is 5.32 Å². The highest BCUT2D eigenvalue weighted by Crippen LogP contribution is 2.30. The lowest BCUT2D eigenvalue weighted by Gasteiger charge is -2.18. The van der Waals surface area contributed by atoms with E-state index in [9.17, 15) is 17.6 Å². The molecule has 2 rings (SSSR count). The standard InChI is InChI=1S/C12H10F4N2S/c1-2-6(7-4-3-5-19-7)17-10-8(13)11(15)18-12(16)9(10)14/h3-6H,2H2,1H3,(H,17,18). The second kappa shape index (κ2) is 5.56. The summed E-state index contributed by atoms with van der Waals surface area (Å²) in [5, 5.41) is 4.30. The number of thiophene rings is 1. The van der Waals surface area contributed by atoms with Crippen LogP contribution in [0.2, 0.25) is 0 Å². The maximum absolute atomic E-state index is 13.5. The molecule has 0 bridgehead atoms. The molecule has 0 spiro atoms. The summed E-state index contributed by atoms with van der Waals surface area (Å²) in [5.74, 6) is -6.37. The van der Waals surface area contributed by atoms with E-state index in [0.717, 1.165) is 4.88 Å². The summed E-state index contributed by atoms with van der Waals surface area (Å²) in [5.41, 5.74) is -0.828. The third-order valence-corrected chi connectivity index (χ3v) is 3.60. The first-order valence-electron chi connectivity index (χ1n) is 5.54. The number of pyridine rings is 1. The second-order valence-electron chi connectivity index (χ2n) is 3.82. The van der Waals surface area contributed by atoms with Gasteiger partial charge in [-0.25, -0.2) is 0 Å². The summed E-state index contributed by atoms with van der Waals surface area (Å²) in [6, 6.07) is 3.13. The van der Waals surface area contributed by atoms with Gasteiger partial charge in [-0.15, -0.1) is 11.3 Å². The first-order chi connectivity index (χ1) is 9.04. The predicted molar refractivity (Wildman–Crippen MR) is 65.0 cm³/mol. The second-order valence-corrected chi connectivity index (χ2v) is 4.80. The van der Waals surface area contributed by atoms with Crippen LogP contribution in [0.15, 0.2) is 17.5 Å². The predicted octanol–water partition coefficient (Wildman–Crippen LogP) is 4.26. The highest BCUT2D eigenvalue weighted by molar-refractivity contribution is 7.10. The van der Waals surface area contributed by atoms with Crippen molar-refractivity contribution in [2.24, 2.45) is 0 Å². The number of rotatable bonds is 4. The summed E-state index contributed by atoms with van der Waals surface area (Å²) >= 11 is 1.38. The van der Waals surface area contributed by atoms with Crippen LogP contribution >= 0.6 is 11.3 Å². The van der Waals surface area contributed by atoms with E-state index in [1.165, 1.54) is 11.3 Å². The van der Waals surface area contributed by atoms with Gasteiger partial charge in [-0.1, -0.05) is 13.0 Å². The average molecular weight is 290 g/mol. The molecule has 2 aromatic heterocycles. The van der Waals surface area contributed by atoms with Crippen LogP contribution in [0.25, 0.3) is 0 Å². The van der Waals surface area contributed by atoms with Crippen LogP contribution < -0.4 is 5.32 Å². The van der Waals surface area contributed by atoms with Crippen molar-refractivity contribution in [3.63, 3.8) is 0 Å². The fourth-order valence-electron chi connectivity index (χ4n) is 1.65. The van der Waals surface area contributed by atoms with Crippen LogP contribution in [0.4, 0.5) is 23.2 Å². The molecule has 1 N–H and O–H groups in total. The van der Waals surface area contributed by atoms with E-state index in [-0.39, 0.29) is 0 Å². The molecule has 1 unspecified atom stereocenters. The number of hydrogen-bond donors (Lipinski definition) is 1. The van der Waals surface area contributed by atoms with E-state index in [1.54, 1.807) is 24.4 Å². The molecule has 1 atom stereocenters. The number of nitrogens with one attached hydrogen (secondary N) is 1. The number of anilines is 1. The minimum absolute atomic E-state index is 0.426. The molecule has 102 valence electrons. The highest BCUT2D eigenvalue weighted by Gasteiger charge is 2.23. The van der Waals surface area contributed by atoms with Gasteiger partial charge in [0.1, 0.15) is 5.69 Å². The Kier molecular flexibility index (Phi) is 4.04. The van der Waals surface area contributed by atoms with Gasteiger partial charge in [-0.2, -0.15) is 22.5 Å². The van der Waals surface area contributed by atoms with E-state index in [4.69, 9.17) is 0 Å². The summed E-state index contributed by atoms with van der Waals surface area (Å²) in [6.45, 7) is 1.79. The van der Waals surface area contributed by atoms with Gasteiger partial charge in [0.2, 0.25) is 11.6 Å². The van der Waals surface area contributed by atoms with Gasteiger partial charge in [-0.3, -0.25) is 0 Å². The molecule has 7 heteroatoms. The smallest absolute Gasteiger partial charge is 0.253 e. The molecule has 0 radical (unpaired) electrons. The highest BCUT2D eigenvalue weighted by atomic mass is 32.1. The van der Waals surface area contributed by atoms with E-state index in [0.29, 0.717) is 6.42 Å². The molecule has 0 aliphatic rings. The third-order valence-electron chi connectivity index (χ3n) is 2.61. The fraction of sp³-hybridized carbons (Fsp3) is 0.250. The van der Waals surface area contributed by atoms with Gasteiger partial charge in [0.05, 0.1) is 6.04 Å². The molecule has 0 aliphatic carbocycles.